The number of hydrogen-bond acceptors (Lipinski definition) is 1. The maximum atomic E-state index is 13.5. The number of aryl methyl sites for hydroxylation is 1. The van der Waals surface area contributed by atoms with E-state index in [0.717, 1.165) is 14.8 Å². The maximum absolute atomic E-state index is 13.5. The predicted octanol–water partition coefficient (Wildman–Crippen LogP) is 4.49. The van der Waals surface area contributed by atoms with Gasteiger partial charge in [0.25, 0.3) is 0 Å². The fourth-order valence-electron chi connectivity index (χ4n) is 1.66. The molecule has 0 aliphatic rings. The highest BCUT2D eigenvalue weighted by Gasteiger charge is 2.04. The van der Waals surface area contributed by atoms with E-state index in [1.54, 1.807) is 18.2 Å². The van der Waals surface area contributed by atoms with E-state index in [1.165, 1.54) is 18.2 Å². The van der Waals surface area contributed by atoms with Crippen LogP contribution in [0.5, 0.6) is 0 Å². The van der Waals surface area contributed by atoms with E-state index in [9.17, 15) is 8.78 Å². The molecule has 18 heavy (non-hydrogen) atoms. The van der Waals surface area contributed by atoms with Gasteiger partial charge in [0, 0.05) is 21.4 Å². The second-order valence-corrected chi connectivity index (χ2v) is 5.23. The van der Waals surface area contributed by atoms with Crippen molar-refractivity contribution in [1.29, 1.82) is 0 Å². The van der Waals surface area contributed by atoms with E-state index in [0.29, 0.717) is 12.1 Å². The van der Waals surface area contributed by atoms with Crippen molar-refractivity contribution in [2.45, 2.75) is 13.5 Å². The van der Waals surface area contributed by atoms with Gasteiger partial charge in [-0.25, -0.2) is 8.78 Å². The molecule has 1 nitrogen and oxygen atoms in total. The Hall–Kier alpha value is -1.17. The Balaban J connectivity index is 2.13. The van der Waals surface area contributed by atoms with Gasteiger partial charge >= 0.3 is 0 Å². The van der Waals surface area contributed by atoms with Gasteiger partial charge in [0.15, 0.2) is 0 Å². The van der Waals surface area contributed by atoms with Crippen molar-refractivity contribution in [3.8, 4) is 0 Å². The van der Waals surface area contributed by atoms with E-state index < -0.39 is 0 Å². The molecule has 1 N–H and O–H groups in total. The summed E-state index contributed by atoms with van der Waals surface area (Å²) in [6, 6.07) is 9.48. The van der Waals surface area contributed by atoms with Crippen molar-refractivity contribution < 1.29 is 8.78 Å². The minimum atomic E-state index is -0.272. The zero-order valence-corrected chi connectivity index (χ0v) is 12.0. The highest BCUT2D eigenvalue weighted by molar-refractivity contribution is 14.1. The van der Waals surface area contributed by atoms with Crippen molar-refractivity contribution in [2.24, 2.45) is 0 Å². The molecule has 0 atom stereocenters. The van der Waals surface area contributed by atoms with Gasteiger partial charge in [0.2, 0.25) is 0 Å². The van der Waals surface area contributed by atoms with Crippen molar-refractivity contribution in [2.75, 3.05) is 5.32 Å². The fraction of sp³-hybridized carbons (Fsp3) is 0.143. The molecule has 0 aromatic heterocycles. The van der Waals surface area contributed by atoms with Gasteiger partial charge in [-0.3, -0.25) is 0 Å². The van der Waals surface area contributed by atoms with Crippen LogP contribution < -0.4 is 5.32 Å². The van der Waals surface area contributed by atoms with Crippen LogP contribution in [-0.4, -0.2) is 0 Å². The quantitative estimate of drug-likeness (QED) is 0.797. The molecule has 94 valence electrons. The summed E-state index contributed by atoms with van der Waals surface area (Å²) in [6.45, 7) is 2.31. The lowest BCUT2D eigenvalue weighted by molar-refractivity contribution is 0.612. The topological polar surface area (TPSA) is 12.0 Å². The summed E-state index contributed by atoms with van der Waals surface area (Å²) in [5.41, 5.74) is 2.43. The molecule has 0 unspecified atom stereocenters. The van der Waals surface area contributed by atoms with Gasteiger partial charge in [0.05, 0.1) is 0 Å². The minimum absolute atomic E-state index is 0.231. The molecule has 0 bridgehead atoms. The Bertz CT molecular complexity index is 570. The van der Waals surface area contributed by atoms with Crippen LogP contribution in [0.25, 0.3) is 0 Å². The Morgan fingerprint density at radius 2 is 1.89 bits per heavy atom. The van der Waals surface area contributed by atoms with Gasteiger partial charge in [-0.1, -0.05) is 17.7 Å². The average Bonchev–Trinajstić information content (AvgIpc) is 2.32. The van der Waals surface area contributed by atoms with Gasteiger partial charge in [-0.05, 0) is 53.8 Å². The third-order valence-corrected chi connectivity index (χ3v) is 3.49. The summed E-state index contributed by atoms with van der Waals surface area (Å²) in [7, 11) is 0. The van der Waals surface area contributed by atoms with E-state index in [2.05, 4.69) is 5.32 Å². The van der Waals surface area contributed by atoms with E-state index in [1.807, 2.05) is 29.5 Å². The van der Waals surface area contributed by atoms with E-state index >= 15 is 0 Å². The fourth-order valence-corrected chi connectivity index (χ4v) is 2.33. The van der Waals surface area contributed by atoms with Crippen LogP contribution in [-0.2, 0) is 6.54 Å². The predicted molar refractivity (Wildman–Crippen MR) is 77.6 cm³/mol. The molecule has 0 amide bonds. The first-order valence-corrected chi connectivity index (χ1v) is 6.58. The maximum Gasteiger partial charge on any atom is 0.128 e. The van der Waals surface area contributed by atoms with Crippen LogP contribution in [0.3, 0.4) is 0 Å². The normalized spacial score (nSPS) is 10.4. The van der Waals surface area contributed by atoms with Crippen LogP contribution >= 0.6 is 22.6 Å². The largest absolute Gasteiger partial charge is 0.380 e. The zero-order chi connectivity index (χ0) is 13.1. The first-order chi connectivity index (χ1) is 8.56. The number of anilines is 1. The van der Waals surface area contributed by atoms with Gasteiger partial charge < -0.3 is 5.32 Å². The Morgan fingerprint density at radius 1 is 1.11 bits per heavy atom. The Kier molecular flexibility index (Phi) is 4.16. The van der Waals surface area contributed by atoms with E-state index in [-0.39, 0.29) is 11.6 Å². The SMILES string of the molecule is Cc1ccc(F)c(CNc2ccc(F)cc2I)c1. The summed E-state index contributed by atoms with van der Waals surface area (Å²) < 4.78 is 27.2. The third-order valence-electron chi connectivity index (χ3n) is 2.60. The second-order valence-electron chi connectivity index (χ2n) is 4.07. The summed E-state index contributed by atoms with van der Waals surface area (Å²) in [5, 5.41) is 3.11. The summed E-state index contributed by atoms with van der Waals surface area (Å²) >= 11 is 2.05. The molecule has 0 saturated heterocycles. The molecule has 0 saturated carbocycles. The number of halogens is 3. The zero-order valence-electron chi connectivity index (χ0n) is 9.81. The Morgan fingerprint density at radius 3 is 2.61 bits per heavy atom. The summed E-state index contributed by atoms with van der Waals surface area (Å²) in [4.78, 5) is 0. The van der Waals surface area contributed by atoms with Crippen LogP contribution in [0.15, 0.2) is 36.4 Å². The van der Waals surface area contributed by atoms with Crippen LogP contribution in [0.4, 0.5) is 14.5 Å². The number of nitrogens with one attached hydrogen (secondary N) is 1. The lowest BCUT2D eigenvalue weighted by Crippen LogP contribution is -2.03. The molecule has 2 aromatic rings. The van der Waals surface area contributed by atoms with Crippen molar-refractivity contribution >= 4 is 28.3 Å². The molecule has 0 radical (unpaired) electrons. The molecular weight excluding hydrogens is 347 g/mol. The number of rotatable bonds is 3. The highest BCUT2D eigenvalue weighted by Crippen LogP contribution is 2.20. The monoisotopic (exact) mass is 359 g/mol. The lowest BCUT2D eigenvalue weighted by atomic mass is 10.1. The Labute approximate surface area is 118 Å². The highest BCUT2D eigenvalue weighted by atomic mass is 127. The smallest absolute Gasteiger partial charge is 0.128 e. The lowest BCUT2D eigenvalue weighted by Gasteiger charge is -2.10. The van der Waals surface area contributed by atoms with Crippen LogP contribution in [0, 0.1) is 22.1 Å². The molecule has 0 aliphatic heterocycles. The molecule has 0 aliphatic carbocycles. The standard InChI is InChI=1S/C14H12F2IN/c1-9-2-4-12(16)10(6-9)8-18-14-5-3-11(15)7-13(14)17/h2-7,18H,8H2,1H3. The van der Waals surface area contributed by atoms with E-state index in [4.69, 9.17) is 0 Å². The number of benzene rings is 2. The molecule has 0 heterocycles. The first kappa shape index (κ1) is 13.3. The van der Waals surface area contributed by atoms with Crippen LogP contribution in [0.1, 0.15) is 11.1 Å². The second kappa shape index (κ2) is 5.65. The molecule has 2 rings (SSSR count). The van der Waals surface area contributed by atoms with Gasteiger partial charge in [0.1, 0.15) is 11.6 Å². The third kappa shape index (κ3) is 3.19. The minimum Gasteiger partial charge on any atom is -0.380 e. The first-order valence-electron chi connectivity index (χ1n) is 5.50. The molecule has 4 heteroatoms. The summed E-state index contributed by atoms with van der Waals surface area (Å²) in [5.74, 6) is -0.503. The van der Waals surface area contributed by atoms with Crippen molar-refractivity contribution in [3.63, 3.8) is 0 Å². The molecule has 0 spiro atoms. The van der Waals surface area contributed by atoms with Crippen molar-refractivity contribution in [3.05, 3.63) is 62.7 Å². The van der Waals surface area contributed by atoms with Crippen molar-refractivity contribution in [1.82, 2.24) is 0 Å². The molecule has 0 fully saturated rings. The molecule has 2 aromatic carbocycles. The summed E-state index contributed by atoms with van der Waals surface area (Å²) in [6.07, 6.45) is 0. The average molecular weight is 359 g/mol. The number of hydrogen-bond donors (Lipinski definition) is 1. The van der Waals surface area contributed by atoms with Gasteiger partial charge in [-0.2, -0.15) is 0 Å². The molecular formula is C14H12F2IN. The van der Waals surface area contributed by atoms with Gasteiger partial charge in [-0.15, -0.1) is 0 Å². The van der Waals surface area contributed by atoms with Crippen LogP contribution in [0.2, 0.25) is 0 Å².